The number of carbonyl (C=O) groups is 1. The van der Waals surface area contributed by atoms with Gasteiger partial charge >= 0.3 is 0 Å². The Morgan fingerprint density at radius 2 is 1.57 bits per heavy atom. The molecule has 5 N–H and O–H groups in total. The average Bonchev–Trinajstić information content (AvgIpc) is 2.55. The van der Waals surface area contributed by atoms with Crippen LogP contribution in [0.1, 0.15) is 18.1 Å². The number of amides is 1. The first-order valence-electron chi connectivity index (χ1n) is 7.12. The van der Waals surface area contributed by atoms with Gasteiger partial charge < -0.3 is 16.6 Å². The van der Waals surface area contributed by atoms with Crippen LogP contribution in [-0.2, 0) is 11.4 Å². The summed E-state index contributed by atoms with van der Waals surface area (Å²) < 4.78 is 0. The topological polar surface area (TPSA) is 102 Å². The standard InChI is InChI=1S/C18H19N3O2/c1-12(17(23)21-18(19)20)10-13-2-6-15(7-3-13)16-8-4-14(11-22)5-9-16/h2-10,22H,11H2,1H3,(H4,19,20,21,23)/b12-10+. The molecular weight excluding hydrogens is 290 g/mol. The Balaban J connectivity index is 2.18. The number of nitrogens with zero attached hydrogens (tertiary/aromatic N) is 1. The van der Waals surface area contributed by atoms with Crippen molar-refractivity contribution in [2.45, 2.75) is 13.5 Å². The minimum Gasteiger partial charge on any atom is -0.392 e. The van der Waals surface area contributed by atoms with E-state index in [2.05, 4.69) is 4.99 Å². The van der Waals surface area contributed by atoms with E-state index in [1.807, 2.05) is 48.5 Å². The monoisotopic (exact) mass is 309 g/mol. The highest BCUT2D eigenvalue weighted by molar-refractivity contribution is 6.03. The molecule has 0 atom stereocenters. The Morgan fingerprint density at radius 3 is 2.04 bits per heavy atom. The number of hydrogen-bond acceptors (Lipinski definition) is 2. The summed E-state index contributed by atoms with van der Waals surface area (Å²) in [6, 6.07) is 15.5. The second-order valence-electron chi connectivity index (χ2n) is 5.15. The van der Waals surface area contributed by atoms with Crippen molar-refractivity contribution in [3.05, 3.63) is 65.2 Å². The van der Waals surface area contributed by atoms with Gasteiger partial charge in [0.05, 0.1) is 6.61 Å². The molecule has 0 unspecified atom stereocenters. The second kappa shape index (κ2) is 7.38. The molecule has 0 fully saturated rings. The maximum Gasteiger partial charge on any atom is 0.275 e. The minimum atomic E-state index is -0.450. The zero-order chi connectivity index (χ0) is 16.8. The highest BCUT2D eigenvalue weighted by Gasteiger charge is 2.03. The molecule has 2 aromatic carbocycles. The number of guanidine groups is 1. The molecule has 1 amide bonds. The maximum absolute atomic E-state index is 11.7. The molecule has 0 aliphatic heterocycles. The number of hydrogen-bond donors (Lipinski definition) is 3. The van der Waals surface area contributed by atoms with Crippen molar-refractivity contribution >= 4 is 17.9 Å². The van der Waals surface area contributed by atoms with Crippen LogP contribution in [0.5, 0.6) is 0 Å². The number of carbonyl (C=O) groups excluding carboxylic acids is 1. The lowest BCUT2D eigenvalue weighted by Crippen LogP contribution is -2.24. The molecule has 0 aliphatic carbocycles. The van der Waals surface area contributed by atoms with E-state index in [1.165, 1.54) is 0 Å². The molecule has 23 heavy (non-hydrogen) atoms. The normalized spacial score (nSPS) is 11.1. The largest absolute Gasteiger partial charge is 0.392 e. The summed E-state index contributed by atoms with van der Waals surface area (Å²) in [5, 5.41) is 9.06. The van der Waals surface area contributed by atoms with Crippen molar-refractivity contribution in [2.75, 3.05) is 0 Å². The fraction of sp³-hybridized carbons (Fsp3) is 0.111. The van der Waals surface area contributed by atoms with Crippen LogP contribution >= 0.6 is 0 Å². The van der Waals surface area contributed by atoms with E-state index in [-0.39, 0.29) is 12.6 Å². The molecular formula is C18H19N3O2. The van der Waals surface area contributed by atoms with Crippen LogP contribution < -0.4 is 11.5 Å². The average molecular weight is 309 g/mol. The summed E-state index contributed by atoms with van der Waals surface area (Å²) in [5.41, 5.74) is 14.7. The molecule has 5 heteroatoms. The summed E-state index contributed by atoms with van der Waals surface area (Å²) in [6.07, 6.45) is 1.73. The molecule has 0 saturated heterocycles. The van der Waals surface area contributed by atoms with Crippen LogP contribution in [0.4, 0.5) is 0 Å². The van der Waals surface area contributed by atoms with Gasteiger partial charge in [-0.3, -0.25) is 4.79 Å². The van der Waals surface area contributed by atoms with Gasteiger partial charge in [0.15, 0.2) is 5.96 Å². The molecule has 0 spiro atoms. The van der Waals surface area contributed by atoms with Crippen LogP contribution in [-0.4, -0.2) is 17.0 Å². The molecule has 2 aromatic rings. The first-order valence-corrected chi connectivity index (χ1v) is 7.12. The summed E-state index contributed by atoms with van der Waals surface area (Å²) >= 11 is 0. The molecule has 0 aromatic heterocycles. The van der Waals surface area contributed by atoms with E-state index < -0.39 is 5.91 Å². The quantitative estimate of drug-likeness (QED) is 0.457. The fourth-order valence-electron chi connectivity index (χ4n) is 2.09. The van der Waals surface area contributed by atoms with Gasteiger partial charge in [0.25, 0.3) is 5.91 Å². The number of nitrogens with two attached hydrogens (primary N) is 2. The van der Waals surface area contributed by atoms with E-state index in [9.17, 15) is 4.79 Å². The first kappa shape index (κ1) is 16.5. The lowest BCUT2D eigenvalue weighted by Gasteiger charge is -2.04. The minimum absolute atomic E-state index is 0.0348. The fourth-order valence-corrected chi connectivity index (χ4v) is 2.09. The van der Waals surface area contributed by atoms with Crippen LogP contribution in [0, 0.1) is 0 Å². The number of rotatable bonds is 4. The van der Waals surface area contributed by atoms with Crippen LogP contribution in [0.25, 0.3) is 17.2 Å². The van der Waals surface area contributed by atoms with Crippen molar-refractivity contribution in [2.24, 2.45) is 16.5 Å². The molecule has 0 radical (unpaired) electrons. The highest BCUT2D eigenvalue weighted by Crippen LogP contribution is 2.21. The van der Waals surface area contributed by atoms with Crippen molar-refractivity contribution in [3.8, 4) is 11.1 Å². The first-order chi connectivity index (χ1) is 11.0. The van der Waals surface area contributed by atoms with Gasteiger partial charge in [-0.25, -0.2) is 0 Å². The summed E-state index contributed by atoms with van der Waals surface area (Å²) in [5.74, 6) is -0.696. The zero-order valence-corrected chi connectivity index (χ0v) is 12.9. The van der Waals surface area contributed by atoms with Crippen LogP contribution in [0.2, 0.25) is 0 Å². The Hall–Kier alpha value is -2.92. The molecule has 0 aliphatic rings. The predicted molar refractivity (Wildman–Crippen MR) is 92.3 cm³/mol. The number of aliphatic hydroxyl groups excluding tert-OH is 1. The van der Waals surface area contributed by atoms with Crippen molar-refractivity contribution < 1.29 is 9.90 Å². The van der Waals surface area contributed by atoms with Gasteiger partial charge in [-0.15, -0.1) is 0 Å². The maximum atomic E-state index is 11.7. The van der Waals surface area contributed by atoms with E-state index in [0.717, 1.165) is 22.3 Å². The molecule has 0 heterocycles. The molecule has 0 bridgehead atoms. The van der Waals surface area contributed by atoms with Crippen LogP contribution in [0.15, 0.2) is 59.1 Å². The van der Waals surface area contributed by atoms with Crippen LogP contribution in [0.3, 0.4) is 0 Å². The summed E-state index contributed by atoms with van der Waals surface area (Å²) in [7, 11) is 0. The van der Waals surface area contributed by atoms with Gasteiger partial charge in [-0.1, -0.05) is 48.5 Å². The Bertz CT molecular complexity index is 741. The Morgan fingerprint density at radius 1 is 1.04 bits per heavy atom. The smallest absolute Gasteiger partial charge is 0.275 e. The summed E-state index contributed by atoms with van der Waals surface area (Å²) in [4.78, 5) is 15.2. The SMILES string of the molecule is C/C(=C\c1ccc(-c2ccc(CO)cc2)cc1)C(=O)N=C(N)N. The third-order valence-electron chi connectivity index (χ3n) is 3.33. The van der Waals surface area contributed by atoms with E-state index >= 15 is 0 Å². The second-order valence-corrected chi connectivity index (χ2v) is 5.15. The van der Waals surface area contributed by atoms with Crippen molar-refractivity contribution in [3.63, 3.8) is 0 Å². The van der Waals surface area contributed by atoms with Gasteiger partial charge in [0.2, 0.25) is 0 Å². The van der Waals surface area contributed by atoms with E-state index in [4.69, 9.17) is 16.6 Å². The lowest BCUT2D eigenvalue weighted by molar-refractivity contribution is -0.114. The number of aliphatic imine (C=N–C) groups is 1. The van der Waals surface area contributed by atoms with Gasteiger partial charge in [-0.05, 0) is 35.3 Å². The van der Waals surface area contributed by atoms with Gasteiger partial charge in [0, 0.05) is 5.57 Å². The zero-order valence-electron chi connectivity index (χ0n) is 12.9. The third kappa shape index (κ3) is 4.52. The van der Waals surface area contributed by atoms with Gasteiger partial charge in [0.1, 0.15) is 0 Å². The van der Waals surface area contributed by atoms with Gasteiger partial charge in [-0.2, -0.15) is 4.99 Å². The highest BCUT2D eigenvalue weighted by atomic mass is 16.3. The van der Waals surface area contributed by atoms with Crippen molar-refractivity contribution in [1.29, 1.82) is 0 Å². The summed E-state index contributed by atoms with van der Waals surface area (Å²) in [6.45, 7) is 1.70. The Kier molecular flexibility index (Phi) is 5.28. The predicted octanol–water partition coefficient (Wildman–Crippen LogP) is 2.05. The third-order valence-corrected chi connectivity index (χ3v) is 3.33. The molecule has 5 nitrogen and oxygen atoms in total. The molecule has 118 valence electrons. The van der Waals surface area contributed by atoms with E-state index in [1.54, 1.807) is 13.0 Å². The molecule has 2 rings (SSSR count). The molecule has 0 saturated carbocycles. The number of aliphatic hydroxyl groups is 1. The lowest BCUT2D eigenvalue weighted by atomic mass is 10.0. The number of benzene rings is 2. The van der Waals surface area contributed by atoms with Crippen molar-refractivity contribution in [1.82, 2.24) is 0 Å². The Labute approximate surface area is 135 Å². The van der Waals surface area contributed by atoms with E-state index in [0.29, 0.717) is 5.57 Å².